The predicted octanol–water partition coefficient (Wildman–Crippen LogP) is 3.81. The second-order valence-electron chi connectivity index (χ2n) is 9.63. The molecule has 1 aromatic carbocycles. The molecule has 29 heavy (non-hydrogen) atoms. The third-order valence-corrected chi connectivity index (χ3v) is 6.58. The first kappa shape index (κ1) is 18.3. The molecule has 0 saturated carbocycles. The Morgan fingerprint density at radius 1 is 1.21 bits per heavy atom. The number of amides is 2. The minimum atomic E-state index is -0.614. The molecular weight excluding hydrogens is 366 g/mol. The van der Waals surface area contributed by atoms with Gasteiger partial charge in [-0.2, -0.15) is 0 Å². The molecule has 3 aliphatic heterocycles. The molecule has 6 heteroatoms. The molecule has 5 rings (SSSR count). The second kappa shape index (κ2) is 5.88. The summed E-state index contributed by atoms with van der Waals surface area (Å²) in [6, 6.07) is 9.50. The first-order chi connectivity index (χ1) is 13.7. The van der Waals surface area contributed by atoms with E-state index in [9.17, 15) is 9.59 Å². The summed E-state index contributed by atoms with van der Waals surface area (Å²) in [7, 11) is 0. The summed E-state index contributed by atoms with van der Waals surface area (Å²) in [6.45, 7) is 8.16. The summed E-state index contributed by atoms with van der Waals surface area (Å²) in [5, 5.41) is 6.74. The van der Waals surface area contributed by atoms with Gasteiger partial charge in [0.05, 0.1) is 11.6 Å². The van der Waals surface area contributed by atoms with Crippen LogP contribution >= 0.6 is 0 Å². The number of aryl methyl sites for hydroxylation is 1. The average Bonchev–Trinajstić information content (AvgIpc) is 3.32. The quantitative estimate of drug-likeness (QED) is 0.773. The van der Waals surface area contributed by atoms with Gasteiger partial charge in [-0.3, -0.25) is 9.59 Å². The lowest BCUT2D eigenvalue weighted by molar-refractivity contribution is 0.0658. The van der Waals surface area contributed by atoms with E-state index in [-0.39, 0.29) is 29.3 Å². The number of benzene rings is 1. The first-order valence-electron chi connectivity index (χ1n) is 10.3. The summed E-state index contributed by atoms with van der Waals surface area (Å²) in [6.07, 6.45) is 2.51. The van der Waals surface area contributed by atoms with Gasteiger partial charge in [0.15, 0.2) is 5.76 Å². The number of furan rings is 1. The molecule has 152 valence electrons. The zero-order valence-electron chi connectivity index (χ0n) is 17.3. The van der Waals surface area contributed by atoms with Gasteiger partial charge in [-0.05, 0) is 38.0 Å². The highest BCUT2D eigenvalue weighted by molar-refractivity contribution is 6.02. The average molecular weight is 393 g/mol. The van der Waals surface area contributed by atoms with Crippen molar-refractivity contribution in [3.05, 3.63) is 53.0 Å². The number of hydrogen-bond donors (Lipinski definition) is 2. The fourth-order valence-electron chi connectivity index (χ4n) is 5.16. The fraction of sp³-hybridized carbons (Fsp3) is 0.478. The lowest BCUT2D eigenvalue weighted by Crippen LogP contribution is -2.64. The standard InChI is InChI=1S/C23H27N3O3/c1-13-11-18(22(2,3)4)29-19(13)21(28)26-14-9-10-17(26)23(12-14)24-16-8-6-5-7-15(16)20(27)25-23/h5-8,11,14,17,24H,9-10,12H2,1-4H3,(H,25,27)/t14-,17-,23-/m0/s1. The van der Waals surface area contributed by atoms with E-state index in [0.717, 1.165) is 29.9 Å². The van der Waals surface area contributed by atoms with Crippen LogP contribution in [0.1, 0.15) is 72.3 Å². The number of nitrogens with one attached hydrogen (secondary N) is 2. The van der Waals surface area contributed by atoms with Gasteiger partial charge in [0.2, 0.25) is 0 Å². The fourth-order valence-corrected chi connectivity index (χ4v) is 5.16. The highest BCUT2D eigenvalue weighted by Gasteiger charge is 2.60. The molecule has 3 atom stereocenters. The summed E-state index contributed by atoms with van der Waals surface area (Å²) in [4.78, 5) is 28.2. The van der Waals surface area contributed by atoms with Gasteiger partial charge in [-0.1, -0.05) is 32.9 Å². The van der Waals surface area contributed by atoms with E-state index in [4.69, 9.17) is 4.42 Å². The van der Waals surface area contributed by atoms with Crippen LogP contribution < -0.4 is 10.6 Å². The number of hydrogen-bond acceptors (Lipinski definition) is 4. The van der Waals surface area contributed by atoms with Crippen molar-refractivity contribution in [2.24, 2.45) is 0 Å². The maximum absolute atomic E-state index is 13.5. The van der Waals surface area contributed by atoms with Crippen LogP contribution in [0.2, 0.25) is 0 Å². The van der Waals surface area contributed by atoms with Crippen molar-refractivity contribution in [3.63, 3.8) is 0 Å². The van der Waals surface area contributed by atoms with Crippen LogP contribution in [0.3, 0.4) is 0 Å². The highest BCUT2D eigenvalue weighted by Crippen LogP contribution is 2.47. The van der Waals surface area contributed by atoms with Crippen molar-refractivity contribution in [2.45, 2.75) is 70.1 Å². The van der Waals surface area contributed by atoms with E-state index >= 15 is 0 Å². The van der Waals surface area contributed by atoms with Gasteiger partial charge in [0.25, 0.3) is 11.8 Å². The molecule has 2 fully saturated rings. The minimum Gasteiger partial charge on any atom is -0.455 e. The Bertz CT molecular complexity index is 1020. The lowest BCUT2D eigenvalue weighted by atomic mass is 9.86. The highest BCUT2D eigenvalue weighted by atomic mass is 16.4. The van der Waals surface area contributed by atoms with Crippen LogP contribution in [0.5, 0.6) is 0 Å². The third kappa shape index (κ3) is 2.61. The summed E-state index contributed by atoms with van der Waals surface area (Å²) >= 11 is 0. The Kier molecular flexibility index (Phi) is 3.70. The van der Waals surface area contributed by atoms with Crippen LogP contribution in [-0.2, 0) is 5.41 Å². The maximum Gasteiger partial charge on any atom is 0.290 e. The smallest absolute Gasteiger partial charge is 0.290 e. The molecule has 1 aromatic heterocycles. The Hall–Kier alpha value is -2.76. The largest absolute Gasteiger partial charge is 0.455 e. The molecular formula is C23H27N3O3. The number of nitrogens with zero attached hydrogens (tertiary/aromatic N) is 1. The normalized spacial score (nSPS) is 27.7. The van der Waals surface area contributed by atoms with Gasteiger partial charge in [0.1, 0.15) is 11.4 Å². The molecule has 0 unspecified atom stereocenters. The van der Waals surface area contributed by atoms with Crippen molar-refractivity contribution in [1.82, 2.24) is 10.2 Å². The van der Waals surface area contributed by atoms with Crippen molar-refractivity contribution < 1.29 is 14.0 Å². The Morgan fingerprint density at radius 2 is 1.97 bits per heavy atom. The molecule has 2 aromatic rings. The molecule has 0 aliphatic carbocycles. The Labute approximate surface area is 170 Å². The van der Waals surface area contributed by atoms with Crippen LogP contribution in [0.25, 0.3) is 0 Å². The molecule has 6 nitrogen and oxygen atoms in total. The molecule has 0 radical (unpaired) electrons. The van der Waals surface area contributed by atoms with E-state index in [1.165, 1.54) is 0 Å². The van der Waals surface area contributed by atoms with Gasteiger partial charge in [0, 0.05) is 29.1 Å². The summed E-state index contributed by atoms with van der Waals surface area (Å²) in [5.41, 5.74) is 1.58. The molecule has 4 heterocycles. The van der Waals surface area contributed by atoms with E-state index in [0.29, 0.717) is 17.7 Å². The Balaban J connectivity index is 1.48. The molecule has 1 spiro atoms. The molecule has 2 N–H and O–H groups in total. The van der Waals surface area contributed by atoms with Gasteiger partial charge in [-0.25, -0.2) is 0 Å². The molecule has 3 aliphatic rings. The van der Waals surface area contributed by atoms with E-state index in [2.05, 4.69) is 31.4 Å². The van der Waals surface area contributed by atoms with E-state index in [1.807, 2.05) is 42.2 Å². The van der Waals surface area contributed by atoms with Crippen molar-refractivity contribution >= 4 is 17.5 Å². The predicted molar refractivity (Wildman–Crippen MR) is 110 cm³/mol. The van der Waals surface area contributed by atoms with Crippen molar-refractivity contribution in [3.8, 4) is 0 Å². The first-order valence-corrected chi connectivity index (χ1v) is 10.3. The van der Waals surface area contributed by atoms with Gasteiger partial charge < -0.3 is 20.0 Å². The van der Waals surface area contributed by atoms with Crippen molar-refractivity contribution in [2.75, 3.05) is 5.32 Å². The molecule has 2 bridgehead atoms. The van der Waals surface area contributed by atoms with Crippen LogP contribution in [0, 0.1) is 6.92 Å². The maximum atomic E-state index is 13.5. The number of anilines is 1. The number of rotatable bonds is 1. The summed E-state index contributed by atoms with van der Waals surface area (Å²) < 4.78 is 6.03. The van der Waals surface area contributed by atoms with Crippen LogP contribution in [0.4, 0.5) is 5.69 Å². The zero-order chi connectivity index (χ0) is 20.6. The van der Waals surface area contributed by atoms with Crippen LogP contribution in [-0.4, -0.2) is 34.5 Å². The lowest BCUT2D eigenvalue weighted by Gasteiger charge is -2.42. The minimum absolute atomic E-state index is 0.0720. The van der Waals surface area contributed by atoms with Crippen molar-refractivity contribution in [1.29, 1.82) is 0 Å². The zero-order valence-corrected chi connectivity index (χ0v) is 17.3. The Morgan fingerprint density at radius 3 is 2.69 bits per heavy atom. The number of fused-ring (bicyclic) bond motifs is 4. The van der Waals surface area contributed by atoms with E-state index in [1.54, 1.807) is 0 Å². The van der Waals surface area contributed by atoms with Gasteiger partial charge in [-0.15, -0.1) is 0 Å². The number of carbonyl (C=O) groups is 2. The second-order valence-corrected chi connectivity index (χ2v) is 9.63. The van der Waals surface area contributed by atoms with Crippen LogP contribution in [0.15, 0.2) is 34.7 Å². The SMILES string of the molecule is Cc1cc(C(C)(C)C)oc1C(=O)N1[C@H]2CC[C@H]1[C@]1(C2)NC(=O)c2ccccc2N1. The third-order valence-electron chi connectivity index (χ3n) is 6.58. The number of para-hydroxylation sites is 1. The van der Waals surface area contributed by atoms with Gasteiger partial charge >= 0.3 is 0 Å². The van der Waals surface area contributed by atoms with E-state index < -0.39 is 5.66 Å². The number of carbonyl (C=O) groups excluding carboxylic acids is 2. The molecule has 2 saturated heterocycles. The summed E-state index contributed by atoms with van der Waals surface area (Å²) in [5.74, 6) is 1.09. The monoisotopic (exact) mass is 393 g/mol. The molecule has 2 amide bonds. The topological polar surface area (TPSA) is 74.6 Å².